The smallest absolute Gasteiger partial charge is 0.391 e. The molecule has 17 heavy (non-hydrogen) atoms. The van der Waals surface area contributed by atoms with Crippen LogP contribution >= 0.6 is 11.8 Å². The predicted molar refractivity (Wildman–Crippen MR) is 59.9 cm³/mol. The lowest BCUT2D eigenvalue weighted by Crippen LogP contribution is -2.25. The molecule has 2 N–H and O–H groups in total. The number of rotatable bonds is 5. The number of hydrogen-bond acceptors (Lipinski definition) is 4. The molecule has 0 amide bonds. The molecule has 0 aliphatic rings. The third-order valence-corrected chi connectivity index (χ3v) is 3.02. The van der Waals surface area contributed by atoms with E-state index in [0.29, 0.717) is 17.3 Å². The highest BCUT2D eigenvalue weighted by molar-refractivity contribution is 7.99. The molecular weight excluding hydrogens is 253 g/mol. The standard InChI is InChI=1S/C10H13F3N2OS/c1-14-5-8(16)6-17-9-3-2-7(4-15-9)10(11,12)13/h2-4,8,14,16H,5-6H2,1H3. The van der Waals surface area contributed by atoms with Crippen molar-refractivity contribution in [2.45, 2.75) is 17.3 Å². The van der Waals surface area contributed by atoms with E-state index in [2.05, 4.69) is 10.3 Å². The van der Waals surface area contributed by atoms with Crippen molar-refractivity contribution >= 4 is 11.8 Å². The summed E-state index contributed by atoms with van der Waals surface area (Å²) < 4.78 is 36.7. The fourth-order valence-corrected chi connectivity index (χ4v) is 1.88. The Bertz CT molecular complexity index is 342. The predicted octanol–water partition coefficient (Wildman–Crippen LogP) is 1.77. The van der Waals surface area contributed by atoms with Crippen LogP contribution in [-0.2, 0) is 6.18 Å². The van der Waals surface area contributed by atoms with Gasteiger partial charge in [0, 0.05) is 18.5 Å². The van der Waals surface area contributed by atoms with Crippen LogP contribution in [0.2, 0.25) is 0 Å². The molecule has 3 nitrogen and oxygen atoms in total. The molecule has 0 bridgehead atoms. The Morgan fingerprint density at radius 3 is 2.65 bits per heavy atom. The molecule has 1 heterocycles. The van der Waals surface area contributed by atoms with Gasteiger partial charge in [0.25, 0.3) is 0 Å². The van der Waals surface area contributed by atoms with Crippen molar-refractivity contribution in [3.8, 4) is 0 Å². The Hall–Kier alpha value is -0.790. The molecule has 96 valence electrons. The summed E-state index contributed by atoms with van der Waals surface area (Å²) in [6.45, 7) is 0.438. The van der Waals surface area contributed by atoms with E-state index in [1.54, 1.807) is 7.05 Å². The number of aromatic nitrogens is 1. The summed E-state index contributed by atoms with van der Waals surface area (Å²) in [6, 6.07) is 2.29. The van der Waals surface area contributed by atoms with Gasteiger partial charge in [-0.2, -0.15) is 13.2 Å². The molecule has 1 rings (SSSR count). The normalized spacial score (nSPS) is 13.7. The van der Waals surface area contributed by atoms with E-state index < -0.39 is 17.8 Å². The first-order chi connectivity index (χ1) is 7.93. The third-order valence-electron chi connectivity index (χ3n) is 1.93. The number of nitrogens with one attached hydrogen (secondary N) is 1. The van der Waals surface area contributed by atoms with Gasteiger partial charge < -0.3 is 10.4 Å². The number of thioether (sulfide) groups is 1. The minimum absolute atomic E-state index is 0.388. The van der Waals surface area contributed by atoms with Gasteiger partial charge in [-0.1, -0.05) is 0 Å². The van der Waals surface area contributed by atoms with Crippen molar-refractivity contribution in [1.29, 1.82) is 0 Å². The summed E-state index contributed by atoms with van der Waals surface area (Å²) in [7, 11) is 1.71. The molecule has 0 radical (unpaired) electrons. The van der Waals surface area contributed by atoms with Crippen molar-refractivity contribution in [2.24, 2.45) is 0 Å². The Kier molecular flexibility index (Phi) is 5.23. The van der Waals surface area contributed by atoms with Crippen LogP contribution in [-0.4, -0.2) is 35.5 Å². The minimum Gasteiger partial charge on any atom is -0.391 e. The van der Waals surface area contributed by atoms with E-state index >= 15 is 0 Å². The molecule has 0 saturated carbocycles. The fourth-order valence-electron chi connectivity index (χ4n) is 1.11. The monoisotopic (exact) mass is 266 g/mol. The average Bonchev–Trinajstić information content (AvgIpc) is 2.26. The van der Waals surface area contributed by atoms with Gasteiger partial charge in [0.1, 0.15) is 0 Å². The lowest BCUT2D eigenvalue weighted by Gasteiger charge is -2.09. The van der Waals surface area contributed by atoms with Gasteiger partial charge in [-0.05, 0) is 19.2 Å². The maximum Gasteiger partial charge on any atom is 0.417 e. The lowest BCUT2D eigenvalue weighted by molar-refractivity contribution is -0.137. The Balaban J connectivity index is 2.51. The second-order valence-electron chi connectivity index (χ2n) is 3.41. The molecule has 0 fully saturated rings. The van der Waals surface area contributed by atoms with Crippen molar-refractivity contribution in [2.75, 3.05) is 19.3 Å². The van der Waals surface area contributed by atoms with Crippen LogP contribution in [0.3, 0.4) is 0 Å². The van der Waals surface area contributed by atoms with Crippen molar-refractivity contribution in [1.82, 2.24) is 10.3 Å². The highest BCUT2D eigenvalue weighted by Crippen LogP contribution is 2.29. The van der Waals surface area contributed by atoms with Crippen LogP contribution in [0, 0.1) is 0 Å². The lowest BCUT2D eigenvalue weighted by atomic mass is 10.3. The van der Waals surface area contributed by atoms with E-state index in [-0.39, 0.29) is 0 Å². The molecule has 1 aromatic rings. The van der Waals surface area contributed by atoms with E-state index in [4.69, 9.17) is 0 Å². The first-order valence-corrected chi connectivity index (χ1v) is 5.90. The first kappa shape index (κ1) is 14.3. The van der Waals surface area contributed by atoms with Crippen molar-refractivity contribution in [3.63, 3.8) is 0 Å². The summed E-state index contributed by atoms with van der Waals surface area (Å²) in [5, 5.41) is 12.7. The van der Waals surface area contributed by atoms with Crippen LogP contribution in [0.25, 0.3) is 0 Å². The summed E-state index contributed by atoms with van der Waals surface area (Å²) >= 11 is 1.22. The molecule has 0 saturated heterocycles. The number of halogens is 3. The summed E-state index contributed by atoms with van der Waals surface area (Å²) in [5.74, 6) is 0.388. The Labute approximate surface area is 101 Å². The zero-order valence-corrected chi connectivity index (χ0v) is 9.98. The SMILES string of the molecule is CNCC(O)CSc1ccc(C(F)(F)F)cn1. The first-order valence-electron chi connectivity index (χ1n) is 4.92. The van der Waals surface area contributed by atoms with Gasteiger partial charge in [-0.3, -0.25) is 0 Å². The van der Waals surface area contributed by atoms with Crippen LogP contribution in [0.5, 0.6) is 0 Å². The zero-order chi connectivity index (χ0) is 12.9. The third kappa shape index (κ3) is 4.93. The van der Waals surface area contributed by atoms with E-state index in [9.17, 15) is 18.3 Å². The maximum absolute atomic E-state index is 12.2. The van der Waals surface area contributed by atoms with Crippen LogP contribution in [0.1, 0.15) is 5.56 Å². The van der Waals surface area contributed by atoms with Gasteiger partial charge >= 0.3 is 6.18 Å². The number of hydrogen-bond donors (Lipinski definition) is 2. The summed E-state index contributed by atoms with van der Waals surface area (Å²) in [6.07, 6.45) is -4.11. The molecule has 0 spiro atoms. The number of aliphatic hydroxyl groups excluding tert-OH is 1. The highest BCUT2D eigenvalue weighted by atomic mass is 32.2. The van der Waals surface area contributed by atoms with Gasteiger partial charge in [0.2, 0.25) is 0 Å². The van der Waals surface area contributed by atoms with Crippen LogP contribution < -0.4 is 5.32 Å². The average molecular weight is 266 g/mol. The molecule has 1 unspecified atom stereocenters. The van der Waals surface area contributed by atoms with Gasteiger partial charge in [-0.15, -0.1) is 11.8 Å². The fraction of sp³-hybridized carbons (Fsp3) is 0.500. The van der Waals surface area contributed by atoms with Crippen molar-refractivity contribution < 1.29 is 18.3 Å². The highest BCUT2D eigenvalue weighted by Gasteiger charge is 2.30. The largest absolute Gasteiger partial charge is 0.417 e. The summed E-state index contributed by atoms with van der Waals surface area (Å²) in [4.78, 5) is 3.69. The van der Waals surface area contributed by atoms with Crippen molar-refractivity contribution in [3.05, 3.63) is 23.9 Å². The van der Waals surface area contributed by atoms with E-state index in [0.717, 1.165) is 12.3 Å². The second-order valence-corrected chi connectivity index (χ2v) is 4.45. The molecular formula is C10H13F3N2OS. The molecule has 0 aromatic carbocycles. The van der Waals surface area contributed by atoms with Gasteiger partial charge in [-0.25, -0.2) is 4.98 Å². The minimum atomic E-state index is -4.36. The van der Waals surface area contributed by atoms with Gasteiger partial charge in [0.15, 0.2) is 0 Å². The molecule has 0 aliphatic heterocycles. The molecule has 1 aromatic heterocycles. The maximum atomic E-state index is 12.2. The molecule has 7 heteroatoms. The number of nitrogens with zero attached hydrogens (tertiary/aromatic N) is 1. The number of likely N-dealkylation sites (N-methyl/N-ethyl adjacent to an activating group) is 1. The number of aliphatic hydroxyl groups is 1. The number of alkyl halides is 3. The van der Waals surface area contributed by atoms with Crippen LogP contribution in [0.15, 0.2) is 23.4 Å². The topological polar surface area (TPSA) is 45.1 Å². The van der Waals surface area contributed by atoms with E-state index in [1.807, 2.05) is 0 Å². The Morgan fingerprint density at radius 2 is 2.18 bits per heavy atom. The second kappa shape index (κ2) is 6.23. The zero-order valence-electron chi connectivity index (χ0n) is 9.16. The Morgan fingerprint density at radius 1 is 1.47 bits per heavy atom. The molecule has 1 atom stereocenters. The van der Waals surface area contributed by atoms with Crippen LogP contribution in [0.4, 0.5) is 13.2 Å². The van der Waals surface area contributed by atoms with E-state index in [1.165, 1.54) is 17.8 Å². The quantitative estimate of drug-likeness (QED) is 0.797. The molecule has 0 aliphatic carbocycles. The number of pyridine rings is 1. The summed E-state index contributed by atoms with van der Waals surface area (Å²) in [5.41, 5.74) is -0.766. The van der Waals surface area contributed by atoms with Gasteiger partial charge in [0.05, 0.1) is 16.7 Å².